The molecule has 1 N–H and O–H groups in total. The lowest BCUT2D eigenvalue weighted by atomic mass is 10.1. The highest BCUT2D eigenvalue weighted by atomic mass is 16.5. The normalized spacial score (nSPS) is 14.8. The molecule has 30 heavy (non-hydrogen) atoms. The third kappa shape index (κ3) is 4.06. The predicted octanol–water partition coefficient (Wildman–Crippen LogP) is 1.54. The number of hydrogen-bond donors (Lipinski definition) is 1. The van der Waals surface area contributed by atoms with Crippen molar-refractivity contribution in [2.75, 3.05) is 31.7 Å². The zero-order valence-corrected chi connectivity index (χ0v) is 17.1. The number of rotatable bonds is 6. The van der Waals surface area contributed by atoms with Crippen molar-refractivity contribution in [2.45, 2.75) is 32.4 Å². The van der Waals surface area contributed by atoms with Crippen LogP contribution in [0.15, 0.2) is 35.4 Å². The number of methoxy groups -OCH3 is 1. The van der Waals surface area contributed by atoms with E-state index < -0.39 is 0 Å². The zero-order valence-electron chi connectivity index (χ0n) is 17.1. The summed E-state index contributed by atoms with van der Waals surface area (Å²) in [5.41, 5.74) is 1.28. The molecular formula is C21H25N5O4. The molecule has 9 heteroatoms. The van der Waals surface area contributed by atoms with Crippen LogP contribution in [0.3, 0.4) is 0 Å². The van der Waals surface area contributed by atoms with Crippen molar-refractivity contribution in [2.24, 2.45) is 0 Å². The van der Waals surface area contributed by atoms with Gasteiger partial charge in [-0.05, 0) is 24.6 Å². The summed E-state index contributed by atoms with van der Waals surface area (Å²) < 4.78 is 12.4. The number of aliphatic hydroxyl groups excluding tert-OH is 1. The number of aliphatic hydroxyl groups is 1. The summed E-state index contributed by atoms with van der Waals surface area (Å²) in [6.07, 6.45) is 5.10. The summed E-state index contributed by atoms with van der Waals surface area (Å²) in [4.78, 5) is 23.6. The Bertz CT molecular complexity index is 1080. The Balaban J connectivity index is 1.46. The van der Waals surface area contributed by atoms with Crippen molar-refractivity contribution >= 4 is 16.7 Å². The maximum Gasteiger partial charge on any atom is 0.276 e. The topological polar surface area (TPSA) is 103 Å². The lowest BCUT2D eigenvalue weighted by Gasteiger charge is -2.33. The van der Waals surface area contributed by atoms with Crippen LogP contribution >= 0.6 is 0 Å². The number of piperidine rings is 1. The summed E-state index contributed by atoms with van der Waals surface area (Å²) >= 11 is 0. The van der Waals surface area contributed by atoms with E-state index in [2.05, 4.69) is 15.0 Å². The van der Waals surface area contributed by atoms with Crippen LogP contribution in [0, 0.1) is 6.92 Å². The number of aromatic nitrogens is 4. The van der Waals surface area contributed by atoms with E-state index in [1.54, 1.807) is 25.6 Å². The van der Waals surface area contributed by atoms with Gasteiger partial charge in [-0.15, -0.1) is 0 Å². The fourth-order valence-electron chi connectivity index (χ4n) is 3.71. The average Bonchev–Trinajstić information content (AvgIpc) is 2.77. The average molecular weight is 411 g/mol. The maximum absolute atomic E-state index is 12.5. The van der Waals surface area contributed by atoms with Gasteiger partial charge in [0.2, 0.25) is 5.88 Å². The SMILES string of the molecule is COc1ccc(OC2CCN(c3nc4cnn(CCO)c(=O)c4cc3C)CC2)cn1. The first-order valence-electron chi connectivity index (χ1n) is 9.99. The van der Waals surface area contributed by atoms with Crippen molar-refractivity contribution < 1.29 is 14.6 Å². The van der Waals surface area contributed by atoms with Gasteiger partial charge in [0.05, 0.1) is 43.6 Å². The first kappa shape index (κ1) is 20.1. The van der Waals surface area contributed by atoms with Crippen LogP contribution in [0.25, 0.3) is 10.9 Å². The van der Waals surface area contributed by atoms with Crippen molar-refractivity contribution in [3.05, 3.63) is 46.5 Å². The molecule has 9 nitrogen and oxygen atoms in total. The maximum atomic E-state index is 12.5. The number of fused-ring (bicyclic) bond motifs is 1. The van der Waals surface area contributed by atoms with Gasteiger partial charge in [0.25, 0.3) is 5.56 Å². The smallest absolute Gasteiger partial charge is 0.276 e. The van der Waals surface area contributed by atoms with Crippen LogP contribution in [0.2, 0.25) is 0 Å². The number of ether oxygens (including phenoxy) is 2. The summed E-state index contributed by atoms with van der Waals surface area (Å²) in [5, 5.41) is 13.7. The van der Waals surface area contributed by atoms with E-state index in [1.165, 1.54) is 4.68 Å². The van der Waals surface area contributed by atoms with Gasteiger partial charge in [-0.3, -0.25) is 4.79 Å². The molecule has 1 aliphatic rings. The molecule has 1 aliphatic heterocycles. The molecule has 4 rings (SSSR count). The van der Waals surface area contributed by atoms with Crippen molar-refractivity contribution in [3.63, 3.8) is 0 Å². The molecule has 0 saturated carbocycles. The molecule has 0 unspecified atom stereocenters. The van der Waals surface area contributed by atoms with Crippen molar-refractivity contribution in [1.82, 2.24) is 19.7 Å². The molecular weight excluding hydrogens is 386 g/mol. The molecule has 3 aromatic rings. The van der Waals surface area contributed by atoms with Gasteiger partial charge in [-0.25, -0.2) is 14.6 Å². The van der Waals surface area contributed by atoms with E-state index in [-0.39, 0.29) is 24.8 Å². The minimum absolute atomic E-state index is 0.115. The number of anilines is 1. The minimum atomic E-state index is -0.232. The third-order valence-corrected chi connectivity index (χ3v) is 5.27. The van der Waals surface area contributed by atoms with Crippen molar-refractivity contribution in [3.8, 4) is 11.6 Å². The predicted molar refractivity (Wildman–Crippen MR) is 112 cm³/mol. The highest BCUT2D eigenvalue weighted by molar-refractivity contribution is 5.80. The Hall–Kier alpha value is -3.20. The molecule has 1 fully saturated rings. The zero-order chi connectivity index (χ0) is 21.1. The lowest BCUT2D eigenvalue weighted by molar-refractivity contribution is 0.170. The molecule has 0 aliphatic carbocycles. The molecule has 158 valence electrons. The molecule has 4 heterocycles. The van der Waals surface area contributed by atoms with Crippen LogP contribution in [0.5, 0.6) is 11.6 Å². The standard InChI is InChI=1S/C21H25N5O4/c1-14-11-17-18(13-23-26(9-10-27)21(17)28)24-20(14)25-7-5-15(6-8-25)30-16-3-4-19(29-2)22-12-16/h3-4,11-13,15,27H,5-10H2,1-2H3. The van der Waals surface area contributed by atoms with Gasteiger partial charge in [-0.1, -0.05) is 0 Å². The van der Waals surface area contributed by atoms with Gasteiger partial charge >= 0.3 is 0 Å². The van der Waals surface area contributed by atoms with E-state index in [0.29, 0.717) is 16.8 Å². The van der Waals surface area contributed by atoms with E-state index in [9.17, 15) is 4.79 Å². The molecule has 0 bridgehead atoms. The quantitative estimate of drug-likeness (QED) is 0.652. The molecule has 3 aromatic heterocycles. The largest absolute Gasteiger partial charge is 0.489 e. The summed E-state index contributed by atoms with van der Waals surface area (Å²) in [6, 6.07) is 5.51. The van der Waals surface area contributed by atoms with Crippen LogP contribution in [-0.4, -0.2) is 57.8 Å². The highest BCUT2D eigenvalue weighted by Gasteiger charge is 2.23. The molecule has 1 saturated heterocycles. The fraction of sp³-hybridized carbons (Fsp3) is 0.429. The van der Waals surface area contributed by atoms with Gasteiger partial charge in [0.1, 0.15) is 17.7 Å². The first-order chi connectivity index (χ1) is 14.6. The summed E-state index contributed by atoms with van der Waals surface area (Å²) in [5.74, 6) is 2.17. The summed E-state index contributed by atoms with van der Waals surface area (Å²) in [6.45, 7) is 3.62. The molecule has 0 amide bonds. The van der Waals surface area contributed by atoms with Crippen LogP contribution < -0.4 is 19.9 Å². The molecule has 0 radical (unpaired) electrons. The second kappa shape index (κ2) is 8.66. The van der Waals surface area contributed by atoms with Crippen molar-refractivity contribution in [1.29, 1.82) is 0 Å². The van der Waals surface area contributed by atoms with Gasteiger partial charge in [0.15, 0.2) is 0 Å². The highest BCUT2D eigenvalue weighted by Crippen LogP contribution is 2.26. The second-order valence-corrected chi connectivity index (χ2v) is 7.30. The number of nitrogens with zero attached hydrogens (tertiary/aromatic N) is 5. The number of pyridine rings is 2. The van der Waals surface area contributed by atoms with Gasteiger partial charge in [-0.2, -0.15) is 5.10 Å². The van der Waals surface area contributed by atoms with E-state index >= 15 is 0 Å². The number of hydrogen-bond acceptors (Lipinski definition) is 8. The Labute approximate surface area is 173 Å². The fourth-order valence-corrected chi connectivity index (χ4v) is 3.71. The van der Waals surface area contributed by atoms with Gasteiger partial charge in [0, 0.05) is 32.0 Å². The molecule has 0 aromatic carbocycles. The monoisotopic (exact) mass is 411 g/mol. The number of aryl methyl sites for hydroxylation is 1. The first-order valence-corrected chi connectivity index (χ1v) is 9.99. The van der Waals surface area contributed by atoms with Crippen LogP contribution in [-0.2, 0) is 6.54 Å². The lowest BCUT2D eigenvalue weighted by Crippen LogP contribution is -2.39. The molecule has 0 atom stereocenters. The Morgan fingerprint density at radius 2 is 2.03 bits per heavy atom. The van der Waals surface area contributed by atoms with E-state index in [0.717, 1.165) is 43.1 Å². The second-order valence-electron chi connectivity index (χ2n) is 7.30. The minimum Gasteiger partial charge on any atom is -0.489 e. The Kier molecular flexibility index (Phi) is 5.80. The van der Waals surface area contributed by atoms with E-state index in [1.807, 2.05) is 19.1 Å². The Morgan fingerprint density at radius 1 is 1.23 bits per heavy atom. The summed E-state index contributed by atoms with van der Waals surface area (Å²) in [7, 11) is 1.59. The van der Waals surface area contributed by atoms with Crippen LogP contribution in [0.1, 0.15) is 18.4 Å². The van der Waals surface area contributed by atoms with Crippen LogP contribution in [0.4, 0.5) is 5.82 Å². The third-order valence-electron chi connectivity index (χ3n) is 5.27. The van der Waals surface area contributed by atoms with E-state index in [4.69, 9.17) is 19.6 Å². The van der Waals surface area contributed by atoms with Gasteiger partial charge < -0.3 is 19.5 Å². The molecule has 0 spiro atoms. The Morgan fingerprint density at radius 3 is 2.70 bits per heavy atom.